The maximum absolute atomic E-state index is 11.7. The van der Waals surface area contributed by atoms with Gasteiger partial charge in [-0.05, 0) is 19.1 Å². The van der Waals surface area contributed by atoms with Crippen LogP contribution in [0.25, 0.3) is 5.69 Å². The monoisotopic (exact) mass is 364 g/mol. The summed E-state index contributed by atoms with van der Waals surface area (Å²) in [6.07, 6.45) is -7.76. The second-order valence-electron chi connectivity index (χ2n) is 5.91. The van der Waals surface area contributed by atoms with Gasteiger partial charge < -0.3 is 29.5 Å². The van der Waals surface area contributed by atoms with E-state index in [2.05, 4.69) is 9.84 Å². The molecule has 3 N–H and O–H groups in total. The SMILES string of the molecule is COC(=O)[C@H]1O[C@@H](Oc2cc(C)nn2-c2ccccc2)[C@H](O)[C@@H](O)[C@@H]1O. The van der Waals surface area contributed by atoms with Crippen LogP contribution in [-0.2, 0) is 14.3 Å². The van der Waals surface area contributed by atoms with Crippen molar-refractivity contribution in [1.29, 1.82) is 0 Å². The molecule has 0 radical (unpaired) electrons. The third kappa shape index (κ3) is 3.42. The Hall–Kier alpha value is -2.46. The van der Waals surface area contributed by atoms with E-state index in [9.17, 15) is 20.1 Å². The Bertz CT molecular complexity index is 764. The molecule has 0 spiro atoms. The first-order chi connectivity index (χ1) is 12.4. The second kappa shape index (κ2) is 7.42. The Labute approximate surface area is 149 Å². The van der Waals surface area contributed by atoms with Crippen molar-refractivity contribution in [1.82, 2.24) is 9.78 Å². The highest BCUT2D eigenvalue weighted by molar-refractivity contribution is 5.75. The fraction of sp³-hybridized carbons (Fsp3) is 0.412. The summed E-state index contributed by atoms with van der Waals surface area (Å²) in [5.41, 5.74) is 1.37. The Morgan fingerprint density at radius 1 is 1.15 bits per heavy atom. The minimum atomic E-state index is -1.65. The lowest BCUT2D eigenvalue weighted by Gasteiger charge is -2.38. The first kappa shape index (κ1) is 18.3. The summed E-state index contributed by atoms with van der Waals surface area (Å²) in [5.74, 6) is -0.644. The molecule has 1 aromatic heterocycles. The number of carbonyl (C=O) groups excluding carboxylic acids is 1. The molecule has 140 valence electrons. The van der Waals surface area contributed by atoms with Gasteiger partial charge in [0.1, 0.15) is 18.3 Å². The van der Waals surface area contributed by atoms with Gasteiger partial charge in [-0.1, -0.05) is 18.2 Å². The first-order valence-corrected chi connectivity index (χ1v) is 7.98. The molecule has 1 aliphatic heterocycles. The van der Waals surface area contributed by atoms with E-state index in [0.29, 0.717) is 11.4 Å². The van der Waals surface area contributed by atoms with Crippen LogP contribution in [0.3, 0.4) is 0 Å². The number of hydrogen-bond donors (Lipinski definition) is 3. The van der Waals surface area contributed by atoms with E-state index >= 15 is 0 Å². The van der Waals surface area contributed by atoms with Crippen LogP contribution < -0.4 is 4.74 Å². The predicted molar refractivity (Wildman–Crippen MR) is 87.6 cm³/mol. The summed E-state index contributed by atoms with van der Waals surface area (Å²) in [6.45, 7) is 1.76. The number of ether oxygens (including phenoxy) is 3. The van der Waals surface area contributed by atoms with Crippen LogP contribution in [0, 0.1) is 6.92 Å². The molecule has 26 heavy (non-hydrogen) atoms. The van der Waals surface area contributed by atoms with Gasteiger partial charge in [-0.25, -0.2) is 9.48 Å². The van der Waals surface area contributed by atoms with Gasteiger partial charge in [-0.2, -0.15) is 5.10 Å². The first-order valence-electron chi connectivity index (χ1n) is 7.98. The van der Waals surface area contributed by atoms with Crippen molar-refractivity contribution in [2.45, 2.75) is 37.6 Å². The number of esters is 1. The zero-order valence-corrected chi connectivity index (χ0v) is 14.2. The van der Waals surface area contributed by atoms with Crippen molar-refractivity contribution >= 4 is 5.97 Å². The van der Waals surface area contributed by atoms with Crippen molar-refractivity contribution in [3.63, 3.8) is 0 Å². The minimum Gasteiger partial charge on any atom is -0.467 e. The topological polar surface area (TPSA) is 123 Å². The van der Waals surface area contributed by atoms with Crippen LogP contribution in [0.2, 0.25) is 0 Å². The van der Waals surface area contributed by atoms with Gasteiger partial charge in [0.25, 0.3) is 0 Å². The lowest BCUT2D eigenvalue weighted by atomic mass is 9.99. The van der Waals surface area contributed by atoms with E-state index in [1.807, 2.05) is 30.3 Å². The zero-order chi connectivity index (χ0) is 18.8. The maximum atomic E-state index is 11.7. The summed E-state index contributed by atoms with van der Waals surface area (Å²) in [6, 6.07) is 10.8. The lowest BCUT2D eigenvalue weighted by Crippen LogP contribution is -2.61. The van der Waals surface area contributed by atoms with E-state index in [0.717, 1.165) is 7.11 Å². The van der Waals surface area contributed by atoms with Crippen LogP contribution in [0.1, 0.15) is 5.69 Å². The van der Waals surface area contributed by atoms with Crippen LogP contribution in [-0.4, -0.2) is 68.9 Å². The summed E-state index contributed by atoms with van der Waals surface area (Å²) in [7, 11) is 1.12. The smallest absolute Gasteiger partial charge is 0.337 e. The van der Waals surface area contributed by atoms with Gasteiger partial charge in [0, 0.05) is 6.07 Å². The highest BCUT2D eigenvalue weighted by Crippen LogP contribution is 2.27. The summed E-state index contributed by atoms with van der Waals surface area (Å²) in [4.78, 5) is 11.7. The molecule has 5 atom stereocenters. The van der Waals surface area contributed by atoms with Crippen LogP contribution in [0.4, 0.5) is 0 Å². The molecule has 1 fully saturated rings. The van der Waals surface area contributed by atoms with Crippen LogP contribution >= 0.6 is 0 Å². The standard InChI is InChI=1S/C17H20N2O7/c1-9-8-11(19(18-9)10-6-4-3-5-7-10)25-17-14(22)12(20)13(21)15(26-17)16(23)24-2/h3-8,12-15,17,20-22H,1-2H3/t12-,13-,14+,15-,17+/m0/s1. The number of aliphatic hydroxyl groups excluding tert-OH is 3. The van der Waals surface area contributed by atoms with Gasteiger partial charge in [0.05, 0.1) is 18.5 Å². The number of para-hydroxylation sites is 1. The molecule has 2 aromatic rings. The highest BCUT2D eigenvalue weighted by atomic mass is 16.7. The number of nitrogens with zero attached hydrogens (tertiary/aromatic N) is 2. The van der Waals surface area contributed by atoms with Gasteiger partial charge in [-0.3, -0.25) is 0 Å². The molecule has 1 aliphatic rings. The number of hydrogen-bond acceptors (Lipinski definition) is 8. The normalized spacial score (nSPS) is 28.6. The van der Waals surface area contributed by atoms with Crippen molar-refractivity contribution < 1.29 is 34.3 Å². The molecule has 9 nitrogen and oxygen atoms in total. The molecule has 0 bridgehead atoms. The molecular weight excluding hydrogens is 344 g/mol. The zero-order valence-electron chi connectivity index (χ0n) is 14.2. The summed E-state index contributed by atoms with van der Waals surface area (Å²) < 4.78 is 17.1. The number of carbonyl (C=O) groups is 1. The van der Waals surface area contributed by atoms with E-state index in [4.69, 9.17) is 9.47 Å². The van der Waals surface area contributed by atoms with Crippen LogP contribution in [0.15, 0.2) is 36.4 Å². The number of methoxy groups -OCH3 is 1. The van der Waals surface area contributed by atoms with Crippen molar-refractivity contribution in [2.75, 3.05) is 7.11 Å². The van der Waals surface area contributed by atoms with Crippen molar-refractivity contribution in [3.05, 3.63) is 42.1 Å². The van der Waals surface area contributed by atoms with Gasteiger partial charge in [0.2, 0.25) is 12.2 Å². The Kier molecular flexibility index (Phi) is 5.23. The van der Waals surface area contributed by atoms with Crippen molar-refractivity contribution in [3.8, 4) is 11.6 Å². The lowest BCUT2D eigenvalue weighted by molar-refractivity contribution is -0.272. The molecule has 2 heterocycles. The highest BCUT2D eigenvalue weighted by Gasteiger charge is 2.48. The molecular formula is C17H20N2O7. The molecule has 0 saturated carbocycles. The second-order valence-corrected chi connectivity index (χ2v) is 5.91. The number of aryl methyl sites for hydroxylation is 1. The molecule has 0 aliphatic carbocycles. The minimum absolute atomic E-state index is 0.241. The van der Waals surface area contributed by atoms with Crippen molar-refractivity contribution in [2.24, 2.45) is 0 Å². The van der Waals surface area contributed by atoms with Crippen LogP contribution in [0.5, 0.6) is 5.88 Å². The third-order valence-electron chi connectivity index (χ3n) is 4.04. The molecule has 1 saturated heterocycles. The largest absolute Gasteiger partial charge is 0.467 e. The predicted octanol–water partition coefficient (Wildman–Crippen LogP) is -0.460. The fourth-order valence-electron chi connectivity index (χ4n) is 2.69. The fourth-order valence-corrected chi connectivity index (χ4v) is 2.69. The molecule has 1 aromatic carbocycles. The van der Waals surface area contributed by atoms with Gasteiger partial charge in [-0.15, -0.1) is 0 Å². The van der Waals surface area contributed by atoms with E-state index in [-0.39, 0.29) is 5.88 Å². The van der Waals surface area contributed by atoms with E-state index in [1.54, 1.807) is 13.0 Å². The Morgan fingerprint density at radius 2 is 1.85 bits per heavy atom. The van der Waals surface area contributed by atoms with Gasteiger partial charge in [0.15, 0.2) is 6.10 Å². The average Bonchev–Trinajstić information content (AvgIpc) is 3.02. The Morgan fingerprint density at radius 3 is 2.50 bits per heavy atom. The number of aliphatic hydroxyl groups is 3. The average molecular weight is 364 g/mol. The molecule has 3 rings (SSSR count). The number of rotatable bonds is 4. The molecule has 0 unspecified atom stereocenters. The Balaban J connectivity index is 1.87. The summed E-state index contributed by atoms with van der Waals surface area (Å²) >= 11 is 0. The van der Waals surface area contributed by atoms with E-state index in [1.165, 1.54) is 4.68 Å². The number of aromatic nitrogens is 2. The molecule has 0 amide bonds. The quantitative estimate of drug-likeness (QED) is 0.623. The van der Waals surface area contributed by atoms with Gasteiger partial charge >= 0.3 is 5.97 Å². The number of benzene rings is 1. The molecule has 9 heteroatoms. The summed E-state index contributed by atoms with van der Waals surface area (Å²) in [5, 5.41) is 34.4. The maximum Gasteiger partial charge on any atom is 0.337 e. The van der Waals surface area contributed by atoms with E-state index < -0.39 is 36.7 Å². The third-order valence-corrected chi connectivity index (χ3v) is 4.04.